The minimum atomic E-state index is -0.188. The topological polar surface area (TPSA) is 88.6 Å². The van der Waals surface area contributed by atoms with Gasteiger partial charge in [-0.1, -0.05) is 12.1 Å². The number of aromatic nitrogens is 2. The first kappa shape index (κ1) is 20.0. The molecule has 0 atom stereocenters. The third-order valence-electron chi connectivity index (χ3n) is 4.57. The van der Waals surface area contributed by atoms with Crippen LogP contribution in [-0.2, 0) is 11.2 Å². The van der Waals surface area contributed by atoms with Crippen LogP contribution >= 0.6 is 0 Å². The summed E-state index contributed by atoms with van der Waals surface area (Å²) >= 11 is 0. The molecule has 1 aliphatic rings. The van der Waals surface area contributed by atoms with E-state index in [1.165, 1.54) is 11.9 Å². The molecule has 0 spiro atoms. The molecular weight excluding hydrogens is 358 g/mol. The van der Waals surface area contributed by atoms with Crippen LogP contribution in [0.2, 0.25) is 0 Å². The number of rotatable bonds is 9. The number of nitrogens with zero attached hydrogens (tertiary/aromatic N) is 3. The number of ether oxygens (including phenoxy) is 2. The van der Waals surface area contributed by atoms with Gasteiger partial charge in [0.25, 0.3) is 5.91 Å². The summed E-state index contributed by atoms with van der Waals surface area (Å²) in [6, 6.07) is 9.63. The van der Waals surface area contributed by atoms with Gasteiger partial charge in [-0.15, -0.1) is 0 Å². The molecular formula is C20H27N5O3. The molecule has 3 rings (SSSR count). The molecule has 150 valence electrons. The highest BCUT2D eigenvalue weighted by atomic mass is 16.5. The Morgan fingerprint density at radius 1 is 1.21 bits per heavy atom. The molecule has 1 saturated heterocycles. The number of nitrogens with one attached hydrogen (secondary N) is 2. The largest absolute Gasteiger partial charge is 0.497 e. The van der Waals surface area contributed by atoms with Crippen molar-refractivity contribution in [2.45, 2.75) is 6.42 Å². The minimum absolute atomic E-state index is 0.188. The predicted molar refractivity (Wildman–Crippen MR) is 107 cm³/mol. The molecule has 0 radical (unpaired) electrons. The average molecular weight is 385 g/mol. The molecule has 1 aromatic carbocycles. The number of anilines is 1. The maximum atomic E-state index is 12.3. The first-order chi connectivity index (χ1) is 13.7. The lowest BCUT2D eigenvalue weighted by Crippen LogP contribution is -2.41. The predicted octanol–water partition coefficient (Wildman–Crippen LogP) is 1.20. The third-order valence-corrected chi connectivity index (χ3v) is 4.57. The molecule has 1 fully saturated rings. The summed E-state index contributed by atoms with van der Waals surface area (Å²) in [4.78, 5) is 22.9. The number of hydrogen-bond acceptors (Lipinski definition) is 7. The van der Waals surface area contributed by atoms with Crippen molar-refractivity contribution in [2.24, 2.45) is 0 Å². The summed E-state index contributed by atoms with van der Waals surface area (Å²) < 4.78 is 10.6. The Labute approximate surface area is 165 Å². The van der Waals surface area contributed by atoms with Gasteiger partial charge in [0.15, 0.2) is 0 Å². The maximum absolute atomic E-state index is 12.3. The van der Waals surface area contributed by atoms with E-state index in [1.54, 1.807) is 13.2 Å². The number of morpholine rings is 1. The van der Waals surface area contributed by atoms with Crippen LogP contribution in [-0.4, -0.2) is 73.8 Å². The normalized spacial score (nSPS) is 14.5. The molecule has 0 saturated carbocycles. The van der Waals surface area contributed by atoms with Gasteiger partial charge in [-0.2, -0.15) is 0 Å². The molecule has 0 bridgehead atoms. The zero-order valence-corrected chi connectivity index (χ0v) is 16.2. The molecule has 2 aromatic rings. The molecule has 8 nitrogen and oxygen atoms in total. The highest BCUT2D eigenvalue weighted by Crippen LogP contribution is 2.13. The summed E-state index contributed by atoms with van der Waals surface area (Å²) in [7, 11) is 1.66. The van der Waals surface area contributed by atoms with Crippen LogP contribution in [0.4, 0.5) is 5.82 Å². The second kappa shape index (κ2) is 10.6. The number of carbonyl (C=O) groups is 1. The van der Waals surface area contributed by atoms with Crippen molar-refractivity contribution >= 4 is 11.7 Å². The smallest absolute Gasteiger partial charge is 0.270 e. The van der Waals surface area contributed by atoms with Crippen molar-refractivity contribution in [3.63, 3.8) is 0 Å². The summed E-state index contributed by atoms with van der Waals surface area (Å²) in [6.45, 7) is 5.42. The standard InChI is InChI=1S/C20H27N5O3/c1-27-17-4-2-3-16(13-17)5-6-21-19-14-18(23-15-24-19)20(26)22-7-8-25-9-11-28-12-10-25/h2-4,13-15H,5-12H2,1H3,(H,22,26)(H,21,23,24). The van der Waals surface area contributed by atoms with Gasteiger partial charge in [0.1, 0.15) is 23.6 Å². The van der Waals surface area contributed by atoms with Crippen molar-refractivity contribution in [3.8, 4) is 5.75 Å². The molecule has 28 heavy (non-hydrogen) atoms. The summed E-state index contributed by atoms with van der Waals surface area (Å²) in [5, 5.41) is 6.15. The van der Waals surface area contributed by atoms with Gasteiger partial charge >= 0.3 is 0 Å². The first-order valence-electron chi connectivity index (χ1n) is 9.52. The van der Waals surface area contributed by atoms with Gasteiger partial charge in [-0.25, -0.2) is 9.97 Å². The molecule has 8 heteroatoms. The van der Waals surface area contributed by atoms with Crippen molar-refractivity contribution in [1.29, 1.82) is 0 Å². The number of hydrogen-bond donors (Lipinski definition) is 2. The highest BCUT2D eigenvalue weighted by Gasteiger charge is 2.12. The van der Waals surface area contributed by atoms with Crippen molar-refractivity contribution < 1.29 is 14.3 Å². The summed E-state index contributed by atoms with van der Waals surface area (Å²) in [5.74, 6) is 1.29. The fourth-order valence-electron chi connectivity index (χ4n) is 2.98. The zero-order valence-electron chi connectivity index (χ0n) is 16.2. The zero-order chi connectivity index (χ0) is 19.6. The quantitative estimate of drug-likeness (QED) is 0.671. The van der Waals surface area contributed by atoms with Crippen molar-refractivity contribution in [3.05, 3.63) is 47.9 Å². The number of amides is 1. The summed E-state index contributed by atoms with van der Waals surface area (Å²) in [6.07, 6.45) is 2.23. The van der Waals surface area contributed by atoms with Gasteiger partial charge < -0.3 is 20.1 Å². The fraction of sp³-hybridized carbons (Fsp3) is 0.450. The number of methoxy groups -OCH3 is 1. The molecule has 1 aromatic heterocycles. The minimum Gasteiger partial charge on any atom is -0.497 e. The molecule has 0 unspecified atom stereocenters. The van der Waals surface area contributed by atoms with Crippen molar-refractivity contribution in [2.75, 3.05) is 58.4 Å². The monoisotopic (exact) mass is 385 g/mol. The SMILES string of the molecule is COc1cccc(CCNc2cc(C(=O)NCCN3CCOCC3)ncn2)c1. The van der Waals surface area contributed by atoms with Gasteiger partial charge in [0.05, 0.1) is 20.3 Å². The van der Waals surface area contributed by atoms with Crippen LogP contribution in [0.25, 0.3) is 0 Å². The second-order valence-electron chi connectivity index (χ2n) is 6.53. The Kier molecular flexibility index (Phi) is 7.57. The van der Waals surface area contributed by atoms with Crippen LogP contribution < -0.4 is 15.4 Å². The maximum Gasteiger partial charge on any atom is 0.270 e. The lowest BCUT2D eigenvalue weighted by atomic mass is 10.1. The van der Waals surface area contributed by atoms with Crippen LogP contribution in [0.3, 0.4) is 0 Å². The van der Waals surface area contributed by atoms with E-state index in [2.05, 4.69) is 31.6 Å². The highest BCUT2D eigenvalue weighted by molar-refractivity contribution is 5.92. The van der Waals surface area contributed by atoms with Crippen LogP contribution in [0.15, 0.2) is 36.7 Å². The van der Waals surface area contributed by atoms with Crippen molar-refractivity contribution in [1.82, 2.24) is 20.2 Å². The van der Waals surface area contributed by atoms with E-state index in [0.717, 1.165) is 45.0 Å². The van der Waals surface area contributed by atoms with E-state index >= 15 is 0 Å². The van der Waals surface area contributed by atoms with Gasteiger partial charge in [-0.05, 0) is 24.1 Å². The van der Waals surface area contributed by atoms with E-state index in [1.807, 2.05) is 18.2 Å². The fourth-order valence-corrected chi connectivity index (χ4v) is 2.98. The Balaban J connectivity index is 1.44. The van der Waals surface area contributed by atoms with Crippen LogP contribution in [0.1, 0.15) is 16.1 Å². The van der Waals surface area contributed by atoms with Crippen LogP contribution in [0.5, 0.6) is 5.75 Å². The Hall–Kier alpha value is -2.71. The molecule has 2 heterocycles. The van der Waals surface area contributed by atoms with E-state index in [0.29, 0.717) is 24.6 Å². The van der Waals surface area contributed by atoms with Gasteiger partial charge in [0.2, 0.25) is 0 Å². The van der Waals surface area contributed by atoms with Gasteiger partial charge in [0, 0.05) is 38.8 Å². The second-order valence-corrected chi connectivity index (χ2v) is 6.53. The molecule has 0 aliphatic carbocycles. The molecule has 2 N–H and O–H groups in total. The van der Waals surface area contributed by atoms with Crippen LogP contribution in [0, 0.1) is 0 Å². The Bertz CT molecular complexity index is 765. The van der Waals surface area contributed by atoms with E-state index < -0.39 is 0 Å². The summed E-state index contributed by atoms with van der Waals surface area (Å²) in [5.41, 5.74) is 1.53. The lowest BCUT2D eigenvalue weighted by Gasteiger charge is -2.26. The van der Waals surface area contributed by atoms with E-state index in [-0.39, 0.29) is 5.91 Å². The lowest BCUT2D eigenvalue weighted by molar-refractivity contribution is 0.0383. The number of benzene rings is 1. The van der Waals surface area contributed by atoms with Gasteiger partial charge in [-0.3, -0.25) is 9.69 Å². The molecule has 1 amide bonds. The first-order valence-corrected chi connectivity index (χ1v) is 9.52. The Morgan fingerprint density at radius 2 is 2.07 bits per heavy atom. The molecule has 1 aliphatic heterocycles. The van der Waals surface area contributed by atoms with E-state index in [4.69, 9.17) is 9.47 Å². The van der Waals surface area contributed by atoms with E-state index in [9.17, 15) is 4.79 Å². The third kappa shape index (κ3) is 6.17. The Morgan fingerprint density at radius 3 is 2.89 bits per heavy atom. The number of carbonyl (C=O) groups excluding carboxylic acids is 1. The average Bonchev–Trinajstić information content (AvgIpc) is 2.75.